The summed E-state index contributed by atoms with van der Waals surface area (Å²) >= 11 is 0. The van der Waals surface area contributed by atoms with Crippen molar-refractivity contribution in [3.8, 4) is 0 Å². The molecule has 0 saturated heterocycles. The van der Waals surface area contributed by atoms with Crippen molar-refractivity contribution in [2.75, 3.05) is 0 Å². The second kappa shape index (κ2) is 4.57. The Bertz CT molecular complexity index is 271. The molecule has 3 rings (SSSR count). The van der Waals surface area contributed by atoms with Gasteiger partial charge >= 0.3 is 0 Å². The van der Waals surface area contributed by atoms with E-state index in [9.17, 15) is 0 Å². The van der Waals surface area contributed by atoms with E-state index in [1.54, 1.807) is 0 Å². The lowest BCUT2D eigenvalue weighted by atomic mass is 9.85. The summed E-state index contributed by atoms with van der Waals surface area (Å²) in [5.41, 5.74) is 0.602. The largest absolute Gasteiger partial charge is 0.311 e. The van der Waals surface area contributed by atoms with Gasteiger partial charge in [-0.25, -0.2) is 0 Å². The molecule has 2 bridgehead atoms. The molecule has 4 atom stereocenters. The van der Waals surface area contributed by atoms with E-state index in [1.165, 1.54) is 57.8 Å². The van der Waals surface area contributed by atoms with Crippen LogP contribution in [-0.2, 0) is 0 Å². The lowest BCUT2D eigenvalue weighted by Crippen LogP contribution is -2.41. The average Bonchev–Trinajstić information content (AvgIpc) is 2.83. The highest BCUT2D eigenvalue weighted by Gasteiger charge is 2.40. The van der Waals surface area contributed by atoms with Crippen LogP contribution in [0.2, 0.25) is 0 Å². The first kappa shape index (κ1) is 12.0. The van der Waals surface area contributed by atoms with Gasteiger partial charge in [0.05, 0.1) is 0 Å². The minimum atomic E-state index is 0.602. The minimum absolute atomic E-state index is 0.602. The zero-order valence-corrected chi connectivity index (χ0v) is 11.7. The lowest BCUT2D eigenvalue weighted by molar-refractivity contribution is 0.286. The third kappa shape index (κ3) is 2.70. The molecule has 0 spiro atoms. The molecule has 4 unspecified atom stereocenters. The predicted octanol–water partition coefficient (Wildman–Crippen LogP) is 4.12. The highest BCUT2D eigenvalue weighted by atomic mass is 15.0. The van der Waals surface area contributed by atoms with Gasteiger partial charge in [0.2, 0.25) is 0 Å². The second-order valence-electron chi connectivity index (χ2n) is 7.74. The molecular formula is C16H29N. The molecule has 0 radical (unpaired) electrons. The molecule has 1 nitrogen and oxygen atoms in total. The summed E-state index contributed by atoms with van der Waals surface area (Å²) < 4.78 is 0. The normalized spacial score (nSPS) is 44.8. The average molecular weight is 235 g/mol. The molecule has 3 saturated carbocycles. The molecule has 3 fully saturated rings. The zero-order valence-electron chi connectivity index (χ0n) is 11.7. The van der Waals surface area contributed by atoms with Crippen molar-refractivity contribution in [3.05, 3.63) is 0 Å². The number of hydrogen-bond acceptors (Lipinski definition) is 1. The van der Waals surface area contributed by atoms with E-state index in [2.05, 4.69) is 19.2 Å². The molecule has 98 valence electrons. The van der Waals surface area contributed by atoms with Gasteiger partial charge in [-0.1, -0.05) is 26.7 Å². The Morgan fingerprint density at radius 2 is 1.82 bits per heavy atom. The van der Waals surface area contributed by atoms with Gasteiger partial charge in [0.15, 0.2) is 0 Å². The van der Waals surface area contributed by atoms with Crippen LogP contribution >= 0.6 is 0 Å². The topological polar surface area (TPSA) is 12.0 Å². The Morgan fingerprint density at radius 1 is 0.941 bits per heavy atom. The van der Waals surface area contributed by atoms with Crippen molar-refractivity contribution >= 4 is 0 Å². The van der Waals surface area contributed by atoms with Crippen LogP contribution in [0.4, 0.5) is 0 Å². The molecule has 3 aliphatic rings. The summed E-state index contributed by atoms with van der Waals surface area (Å²) in [7, 11) is 0. The zero-order chi connectivity index (χ0) is 11.9. The van der Waals surface area contributed by atoms with Crippen molar-refractivity contribution in [2.24, 2.45) is 17.3 Å². The lowest BCUT2D eigenvalue weighted by Gasteiger charge is -2.28. The molecular weight excluding hydrogens is 206 g/mol. The highest BCUT2D eigenvalue weighted by molar-refractivity contribution is 4.95. The fourth-order valence-electron chi connectivity index (χ4n) is 4.58. The van der Waals surface area contributed by atoms with Crippen molar-refractivity contribution in [2.45, 2.75) is 83.7 Å². The van der Waals surface area contributed by atoms with Gasteiger partial charge in [-0.15, -0.1) is 0 Å². The third-order valence-electron chi connectivity index (χ3n) is 5.76. The SMILES string of the molecule is CC1(C)CCCC(NC2CC3CCC2C3)CC1. The van der Waals surface area contributed by atoms with E-state index in [0.29, 0.717) is 5.41 Å². The maximum absolute atomic E-state index is 4.03. The van der Waals surface area contributed by atoms with Crippen molar-refractivity contribution < 1.29 is 0 Å². The molecule has 0 aliphatic heterocycles. The molecule has 1 heteroatoms. The van der Waals surface area contributed by atoms with Crippen LogP contribution in [0.15, 0.2) is 0 Å². The first-order valence-electron chi connectivity index (χ1n) is 7.88. The first-order chi connectivity index (χ1) is 8.12. The molecule has 0 aromatic rings. The fraction of sp³-hybridized carbons (Fsp3) is 1.00. The van der Waals surface area contributed by atoms with E-state index in [-0.39, 0.29) is 0 Å². The van der Waals surface area contributed by atoms with Gasteiger partial charge in [0, 0.05) is 12.1 Å². The van der Waals surface area contributed by atoms with Crippen LogP contribution < -0.4 is 5.32 Å². The highest BCUT2D eigenvalue weighted by Crippen LogP contribution is 2.45. The van der Waals surface area contributed by atoms with E-state index in [1.807, 2.05) is 0 Å². The van der Waals surface area contributed by atoms with Crippen LogP contribution in [0.1, 0.15) is 71.6 Å². The molecule has 0 aromatic carbocycles. The van der Waals surface area contributed by atoms with Crippen molar-refractivity contribution in [1.29, 1.82) is 0 Å². The molecule has 1 N–H and O–H groups in total. The molecule has 3 aliphatic carbocycles. The van der Waals surface area contributed by atoms with Crippen LogP contribution in [0.5, 0.6) is 0 Å². The number of fused-ring (bicyclic) bond motifs is 2. The van der Waals surface area contributed by atoms with Gasteiger partial charge in [-0.3, -0.25) is 0 Å². The summed E-state index contributed by atoms with van der Waals surface area (Å²) in [4.78, 5) is 0. The van der Waals surface area contributed by atoms with Crippen LogP contribution in [0, 0.1) is 17.3 Å². The van der Waals surface area contributed by atoms with E-state index in [4.69, 9.17) is 0 Å². The maximum atomic E-state index is 4.03. The summed E-state index contributed by atoms with van der Waals surface area (Å²) in [6.45, 7) is 4.90. The monoisotopic (exact) mass is 235 g/mol. The van der Waals surface area contributed by atoms with Gasteiger partial charge in [0.1, 0.15) is 0 Å². The van der Waals surface area contributed by atoms with Crippen molar-refractivity contribution in [3.63, 3.8) is 0 Å². The Kier molecular flexibility index (Phi) is 3.23. The number of rotatable bonds is 2. The summed E-state index contributed by atoms with van der Waals surface area (Å²) in [6, 6.07) is 1.72. The molecule has 17 heavy (non-hydrogen) atoms. The van der Waals surface area contributed by atoms with Gasteiger partial charge in [-0.05, 0) is 62.2 Å². The third-order valence-corrected chi connectivity index (χ3v) is 5.76. The summed E-state index contributed by atoms with van der Waals surface area (Å²) in [5.74, 6) is 2.12. The van der Waals surface area contributed by atoms with Crippen LogP contribution in [0.3, 0.4) is 0 Å². The fourth-order valence-corrected chi connectivity index (χ4v) is 4.58. The Labute approximate surface area is 107 Å². The first-order valence-corrected chi connectivity index (χ1v) is 7.88. The molecule has 0 aromatic heterocycles. The summed E-state index contributed by atoms with van der Waals surface area (Å²) in [6.07, 6.45) is 13.2. The summed E-state index contributed by atoms with van der Waals surface area (Å²) in [5, 5.41) is 4.03. The Balaban J connectivity index is 1.52. The molecule has 0 amide bonds. The van der Waals surface area contributed by atoms with Crippen molar-refractivity contribution in [1.82, 2.24) is 5.32 Å². The van der Waals surface area contributed by atoms with Gasteiger partial charge in [0.25, 0.3) is 0 Å². The Morgan fingerprint density at radius 3 is 2.53 bits per heavy atom. The smallest absolute Gasteiger partial charge is 0.0101 e. The second-order valence-corrected chi connectivity index (χ2v) is 7.74. The van der Waals surface area contributed by atoms with Crippen LogP contribution in [0.25, 0.3) is 0 Å². The quantitative estimate of drug-likeness (QED) is 0.710. The van der Waals surface area contributed by atoms with E-state index in [0.717, 1.165) is 23.9 Å². The number of hydrogen-bond donors (Lipinski definition) is 1. The predicted molar refractivity (Wildman–Crippen MR) is 73.0 cm³/mol. The van der Waals surface area contributed by atoms with E-state index < -0.39 is 0 Å². The standard InChI is InChI=1S/C16H29N/c1-16(2)8-3-4-14(7-9-16)17-15-11-12-5-6-13(15)10-12/h12-15,17H,3-11H2,1-2H3. The van der Waals surface area contributed by atoms with Gasteiger partial charge in [-0.2, -0.15) is 0 Å². The van der Waals surface area contributed by atoms with Crippen LogP contribution in [-0.4, -0.2) is 12.1 Å². The number of nitrogens with one attached hydrogen (secondary N) is 1. The Hall–Kier alpha value is -0.0400. The maximum Gasteiger partial charge on any atom is 0.0101 e. The van der Waals surface area contributed by atoms with Gasteiger partial charge < -0.3 is 5.32 Å². The molecule has 0 heterocycles. The minimum Gasteiger partial charge on any atom is -0.311 e. The van der Waals surface area contributed by atoms with E-state index >= 15 is 0 Å².